The molecule has 0 spiro atoms. The molecular weight excluding hydrogens is 398 g/mol. The van der Waals surface area contributed by atoms with E-state index in [1.54, 1.807) is 0 Å². The number of hydrogen-bond acceptors (Lipinski definition) is 4. The Morgan fingerprint density at radius 1 is 0.812 bits per heavy atom. The normalized spacial score (nSPS) is 16.7. The molecule has 0 saturated carbocycles. The van der Waals surface area contributed by atoms with Crippen LogP contribution in [0.2, 0.25) is 0 Å². The van der Waals surface area contributed by atoms with Crippen LogP contribution in [0.5, 0.6) is 0 Å². The molecule has 0 radical (unpaired) electrons. The number of ether oxygens (including phenoxy) is 1. The van der Waals surface area contributed by atoms with Crippen LogP contribution in [0.1, 0.15) is 29.5 Å². The Kier molecular flexibility index (Phi) is 7.72. The van der Waals surface area contributed by atoms with Gasteiger partial charge in [-0.05, 0) is 48.5 Å². The summed E-state index contributed by atoms with van der Waals surface area (Å²) >= 11 is 0. The van der Waals surface area contributed by atoms with Crippen molar-refractivity contribution in [1.29, 1.82) is 0 Å². The highest BCUT2D eigenvalue weighted by atomic mass is 16.5. The summed E-state index contributed by atoms with van der Waals surface area (Å²) in [4.78, 5) is 2.28. The number of β-amino-alcohol motifs (C(OH)–C–C–N with tert-alkyl or cyclic N) is 1. The summed E-state index contributed by atoms with van der Waals surface area (Å²) < 4.78 is 5.70. The van der Waals surface area contributed by atoms with Gasteiger partial charge in [0, 0.05) is 6.54 Å². The minimum Gasteiger partial charge on any atom is -0.389 e. The van der Waals surface area contributed by atoms with Crippen LogP contribution in [0, 0.1) is 5.92 Å². The second kappa shape index (κ2) is 10.9. The number of aliphatic hydroxyl groups is 2. The predicted octanol–water partition coefficient (Wildman–Crippen LogP) is 4.21. The molecule has 4 rings (SSSR count). The summed E-state index contributed by atoms with van der Waals surface area (Å²) in [6.07, 6.45) is 1.23. The third-order valence-corrected chi connectivity index (χ3v) is 6.50. The SMILES string of the molecule is O[C@H](COCc1ccccc1)CN1CCC(C(O)(c2ccccc2)c2ccccc2)CC1. The molecule has 4 heteroatoms. The van der Waals surface area contributed by atoms with Crippen LogP contribution in [-0.4, -0.2) is 47.5 Å². The minimum absolute atomic E-state index is 0.120. The molecule has 3 aromatic carbocycles. The number of benzene rings is 3. The maximum absolute atomic E-state index is 12.0. The Morgan fingerprint density at radius 2 is 1.31 bits per heavy atom. The number of rotatable bonds is 9. The molecule has 4 nitrogen and oxygen atoms in total. The average Bonchev–Trinajstić information content (AvgIpc) is 2.86. The first kappa shape index (κ1) is 22.7. The van der Waals surface area contributed by atoms with Crippen molar-refractivity contribution >= 4 is 0 Å². The summed E-state index contributed by atoms with van der Waals surface area (Å²) in [5.41, 5.74) is 1.99. The van der Waals surface area contributed by atoms with Crippen LogP contribution in [0.3, 0.4) is 0 Å². The van der Waals surface area contributed by atoms with Crippen LogP contribution in [0.4, 0.5) is 0 Å². The molecule has 1 aliphatic rings. The molecule has 32 heavy (non-hydrogen) atoms. The van der Waals surface area contributed by atoms with Gasteiger partial charge in [-0.15, -0.1) is 0 Å². The second-order valence-corrected chi connectivity index (χ2v) is 8.73. The van der Waals surface area contributed by atoms with Crippen molar-refractivity contribution < 1.29 is 14.9 Å². The Morgan fingerprint density at radius 3 is 1.84 bits per heavy atom. The standard InChI is InChI=1S/C28H33NO3/c30-27(22-32-21-23-10-4-1-5-11-23)20-29-18-16-26(17-19-29)28(31,24-12-6-2-7-13-24)25-14-8-3-9-15-25/h1-15,26-27,30-31H,16-22H2/t27-/m0/s1. The molecule has 3 aromatic rings. The summed E-state index contributed by atoms with van der Waals surface area (Å²) in [6.45, 7) is 3.13. The molecule has 0 aliphatic carbocycles. The third-order valence-electron chi connectivity index (χ3n) is 6.50. The molecule has 0 bridgehead atoms. The van der Waals surface area contributed by atoms with Crippen LogP contribution < -0.4 is 0 Å². The lowest BCUT2D eigenvalue weighted by molar-refractivity contribution is -0.0294. The maximum atomic E-state index is 12.0. The van der Waals surface area contributed by atoms with E-state index in [1.165, 1.54) is 0 Å². The van der Waals surface area contributed by atoms with Crippen LogP contribution >= 0.6 is 0 Å². The van der Waals surface area contributed by atoms with E-state index < -0.39 is 11.7 Å². The average molecular weight is 432 g/mol. The Labute approximate surface area is 191 Å². The van der Waals surface area contributed by atoms with Gasteiger partial charge in [0.25, 0.3) is 0 Å². The van der Waals surface area contributed by atoms with E-state index in [1.807, 2.05) is 91.0 Å². The lowest BCUT2D eigenvalue weighted by atomic mass is 9.72. The van der Waals surface area contributed by atoms with Gasteiger partial charge in [-0.3, -0.25) is 0 Å². The lowest BCUT2D eigenvalue weighted by Crippen LogP contribution is -2.46. The van der Waals surface area contributed by atoms with Crippen molar-refractivity contribution in [3.8, 4) is 0 Å². The van der Waals surface area contributed by atoms with Crippen LogP contribution in [-0.2, 0) is 16.9 Å². The smallest absolute Gasteiger partial charge is 0.117 e. The molecule has 1 fully saturated rings. The number of piperidine rings is 1. The monoisotopic (exact) mass is 431 g/mol. The van der Waals surface area contributed by atoms with E-state index in [0.29, 0.717) is 19.8 Å². The van der Waals surface area contributed by atoms with Crippen LogP contribution in [0.25, 0.3) is 0 Å². The highest BCUT2D eigenvalue weighted by Crippen LogP contribution is 2.41. The first-order valence-electron chi connectivity index (χ1n) is 11.5. The fourth-order valence-electron chi connectivity index (χ4n) is 4.79. The van der Waals surface area contributed by atoms with E-state index in [-0.39, 0.29) is 5.92 Å². The summed E-state index contributed by atoms with van der Waals surface area (Å²) in [5, 5.41) is 22.4. The van der Waals surface area contributed by atoms with Crippen LogP contribution in [0.15, 0.2) is 91.0 Å². The van der Waals surface area contributed by atoms with E-state index in [2.05, 4.69) is 4.90 Å². The quantitative estimate of drug-likeness (QED) is 0.533. The zero-order chi connectivity index (χ0) is 22.2. The van der Waals surface area contributed by atoms with E-state index in [9.17, 15) is 10.2 Å². The van der Waals surface area contributed by atoms with Gasteiger partial charge in [0.1, 0.15) is 5.60 Å². The molecule has 168 valence electrons. The number of hydrogen-bond donors (Lipinski definition) is 2. The first-order chi connectivity index (χ1) is 15.7. The molecular formula is C28H33NO3. The van der Waals surface area contributed by atoms with E-state index in [0.717, 1.165) is 42.6 Å². The fourth-order valence-corrected chi connectivity index (χ4v) is 4.79. The summed E-state index contributed by atoms with van der Waals surface area (Å²) in [5.74, 6) is 0.120. The van der Waals surface area contributed by atoms with Gasteiger partial charge < -0.3 is 19.8 Å². The first-order valence-corrected chi connectivity index (χ1v) is 11.5. The van der Waals surface area contributed by atoms with E-state index >= 15 is 0 Å². The molecule has 0 unspecified atom stereocenters. The Hall–Kier alpha value is -2.50. The zero-order valence-electron chi connectivity index (χ0n) is 18.5. The lowest BCUT2D eigenvalue weighted by Gasteiger charge is -2.42. The molecule has 2 N–H and O–H groups in total. The van der Waals surface area contributed by atoms with Crippen molar-refractivity contribution in [2.24, 2.45) is 5.92 Å². The zero-order valence-corrected chi connectivity index (χ0v) is 18.5. The predicted molar refractivity (Wildman–Crippen MR) is 127 cm³/mol. The summed E-state index contributed by atoms with van der Waals surface area (Å²) in [6, 6.07) is 30.0. The fraction of sp³-hybridized carbons (Fsp3) is 0.357. The molecule has 1 atom stereocenters. The Bertz CT molecular complexity index is 885. The molecule has 1 aliphatic heterocycles. The maximum Gasteiger partial charge on any atom is 0.117 e. The highest BCUT2D eigenvalue weighted by Gasteiger charge is 2.41. The van der Waals surface area contributed by atoms with Gasteiger partial charge in [0.15, 0.2) is 0 Å². The number of likely N-dealkylation sites (tertiary alicyclic amines) is 1. The molecule has 1 saturated heterocycles. The minimum atomic E-state index is -1.01. The highest BCUT2D eigenvalue weighted by molar-refractivity contribution is 5.37. The summed E-state index contributed by atoms with van der Waals surface area (Å²) in [7, 11) is 0. The van der Waals surface area contributed by atoms with E-state index in [4.69, 9.17) is 4.74 Å². The van der Waals surface area contributed by atoms with Crippen molar-refractivity contribution in [1.82, 2.24) is 4.90 Å². The molecule has 0 aromatic heterocycles. The largest absolute Gasteiger partial charge is 0.389 e. The van der Waals surface area contributed by atoms with Crippen molar-refractivity contribution in [3.63, 3.8) is 0 Å². The second-order valence-electron chi connectivity index (χ2n) is 8.73. The van der Waals surface area contributed by atoms with Crippen molar-refractivity contribution in [2.45, 2.75) is 31.2 Å². The van der Waals surface area contributed by atoms with Crippen molar-refractivity contribution in [3.05, 3.63) is 108 Å². The number of nitrogens with zero attached hydrogens (tertiary/aromatic N) is 1. The topological polar surface area (TPSA) is 52.9 Å². The van der Waals surface area contributed by atoms with Gasteiger partial charge in [-0.1, -0.05) is 91.0 Å². The Balaban J connectivity index is 1.33. The van der Waals surface area contributed by atoms with Gasteiger partial charge in [0.2, 0.25) is 0 Å². The van der Waals surface area contributed by atoms with Gasteiger partial charge in [-0.25, -0.2) is 0 Å². The van der Waals surface area contributed by atoms with Gasteiger partial charge >= 0.3 is 0 Å². The van der Waals surface area contributed by atoms with Gasteiger partial charge in [-0.2, -0.15) is 0 Å². The van der Waals surface area contributed by atoms with Gasteiger partial charge in [0.05, 0.1) is 19.3 Å². The number of aliphatic hydroxyl groups excluding tert-OH is 1. The third kappa shape index (κ3) is 5.45. The molecule has 1 heterocycles. The molecule has 0 amide bonds. The van der Waals surface area contributed by atoms with Crippen molar-refractivity contribution in [2.75, 3.05) is 26.2 Å².